The molecule has 3 nitrogen and oxygen atoms in total. The second-order valence-electron chi connectivity index (χ2n) is 10.2. The molecule has 0 atom stereocenters. The summed E-state index contributed by atoms with van der Waals surface area (Å²) in [6.45, 7) is 7.47. The van der Waals surface area contributed by atoms with Gasteiger partial charge >= 0.3 is 0 Å². The maximum atomic E-state index is 14.0. The monoisotopic (exact) mass is 688 g/mol. The van der Waals surface area contributed by atoms with E-state index in [1.807, 2.05) is 0 Å². The van der Waals surface area contributed by atoms with Crippen LogP contribution in [0, 0.1) is 5.41 Å². The van der Waals surface area contributed by atoms with Gasteiger partial charge in [-0.3, -0.25) is 0 Å². The van der Waals surface area contributed by atoms with Gasteiger partial charge in [-0.25, -0.2) is 4.21 Å². The van der Waals surface area contributed by atoms with Gasteiger partial charge in [0.1, 0.15) is 0 Å². The number of ether oxygens (including phenoxy) is 2. The van der Waals surface area contributed by atoms with Crippen LogP contribution in [0.4, 0.5) is 0 Å². The van der Waals surface area contributed by atoms with Crippen LogP contribution in [0.5, 0.6) is 0 Å². The molecule has 4 rings (SSSR count). The maximum Gasteiger partial charge on any atom is 0.0884 e. The lowest BCUT2D eigenvalue weighted by Gasteiger charge is -2.29. The average Bonchev–Trinajstić information content (AvgIpc) is 3.63. The Morgan fingerprint density at radius 1 is 0.757 bits per heavy atom. The predicted molar refractivity (Wildman–Crippen MR) is 168 cm³/mol. The SMILES string of the molecule is CCCCCCOCC1(COCCCCCC)CC2=C(c3ccc(Br)s3)S(=O)C(c3ccc(Br)s3)=C2C1. The summed E-state index contributed by atoms with van der Waals surface area (Å²) in [7, 11) is -1.18. The van der Waals surface area contributed by atoms with Crippen LogP contribution in [0.25, 0.3) is 9.81 Å². The number of thiophene rings is 2. The van der Waals surface area contributed by atoms with Crippen molar-refractivity contribution in [3.8, 4) is 0 Å². The third kappa shape index (κ3) is 7.56. The van der Waals surface area contributed by atoms with E-state index in [9.17, 15) is 4.21 Å². The molecule has 1 saturated carbocycles. The summed E-state index contributed by atoms with van der Waals surface area (Å²) in [5.41, 5.74) is 2.41. The van der Waals surface area contributed by atoms with E-state index in [1.54, 1.807) is 22.7 Å². The Morgan fingerprint density at radius 2 is 1.22 bits per heavy atom. The first-order chi connectivity index (χ1) is 18.0. The van der Waals surface area contributed by atoms with E-state index in [4.69, 9.17) is 9.47 Å². The molecule has 2 aromatic heterocycles. The van der Waals surface area contributed by atoms with Crippen LogP contribution in [0.15, 0.2) is 43.0 Å². The third-order valence-corrected chi connectivity index (χ3v) is 12.3. The number of halogens is 2. The number of allylic oxidation sites excluding steroid dienone is 2. The number of unbranched alkanes of at least 4 members (excludes halogenated alkanes) is 6. The minimum Gasteiger partial charge on any atom is -0.381 e. The van der Waals surface area contributed by atoms with Crippen LogP contribution >= 0.6 is 54.5 Å². The highest BCUT2D eigenvalue weighted by molar-refractivity contribution is 9.11. The first-order valence-corrected chi connectivity index (χ1v) is 17.9. The molecule has 1 fully saturated rings. The van der Waals surface area contributed by atoms with E-state index in [0.717, 1.165) is 66.0 Å². The van der Waals surface area contributed by atoms with Gasteiger partial charge in [0.2, 0.25) is 0 Å². The summed E-state index contributed by atoms with van der Waals surface area (Å²) in [4.78, 5) is 4.19. The minimum atomic E-state index is -1.18. The minimum absolute atomic E-state index is 0.107. The Morgan fingerprint density at radius 3 is 1.59 bits per heavy atom. The number of rotatable bonds is 16. The standard InChI is InChI=1S/C29H38Br2O3S3/c1-3-5-7-9-15-33-19-29(20-34-16-10-8-6-4-2)17-21-22(18-29)28(24-12-14-26(31)36-24)37(32)27(21)23-11-13-25(30)35-23/h11-14H,3-10,15-20H2,1-2H3. The lowest BCUT2D eigenvalue weighted by molar-refractivity contribution is -0.0173. The lowest BCUT2D eigenvalue weighted by Crippen LogP contribution is -2.30. The molecule has 8 heteroatoms. The normalized spacial score (nSPS) is 17.4. The molecule has 0 bridgehead atoms. The van der Waals surface area contributed by atoms with Crippen LogP contribution in [0.2, 0.25) is 0 Å². The van der Waals surface area contributed by atoms with Crippen LogP contribution in [-0.4, -0.2) is 30.6 Å². The topological polar surface area (TPSA) is 35.5 Å². The molecule has 204 valence electrons. The quantitative estimate of drug-likeness (QED) is 0.165. The van der Waals surface area contributed by atoms with Gasteiger partial charge in [0.25, 0.3) is 0 Å². The van der Waals surface area contributed by atoms with Gasteiger partial charge in [-0.1, -0.05) is 52.4 Å². The Labute approximate surface area is 249 Å². The highest BCUT2D eigenvalue weighted by atomic mass is 79.9. The zero-order chi connectivity index (χ0) is 26.3. The van der Waals surface area contributed by atoms with Crippen molar-refractivity contribution in [1.29, 1.82) is 0 Å². The summed E-state index contributed by atoms with van der Waals surface area (Å²) in [6.07, 6.45) is 11.4. The van der Waals surface area contributed by atoms with E-state index < -0.39 is 10.8 Å². The fourth-order valence-corrected chi connectivity index (χ4v) is 10.2. The number of hydrogen-bond donors (Lipinski definition) is 0. The Hall–Kier alpha value is -0.0900. The van der Waals surface area contributed by atoms with E-state index in [-0.39, 0.29) is 5.41 Å². The number of hydrogen-bond acceptors (Lipinski definition) is 5. The van der Waals surface area contributed by atoms with Crippen molar-refractivity contribution in [2.75, 3.05) is 26.4 Å². The molecule has 1 aliphatic heterocycles. The van der Waals surface area contributed by atoms with Gasteiger partial charge < -0.3 is 9.47 Å². The second-order valence-corrected chi connectivity index (χ2v) is 16.5. The second kappa shape index (κ2) is 14.5. The Kier molecular flexibility index (Phi) is 11.7. The first kappa shape index (κ1) is 29.9. The molecular formula is C29H38Br2O3S3. The van der Waals surface area contributed by atoms with E-state index >= 15 is 0 Å². The lowest BCUT2D eigenvalue weighted by atomic mass is 9.87. The summed E-state index contributed by atoms with van der Waals surface area (Å²) in [5.74, 6) is 0. The summed E-state index contributed by atoms with van der Waals surface area (Å²) >= 11 is 10.6. The fourth-order valence-electron chi connectivity index (χ4n) is 5.22. The zero-order valence-corrected chi connectivity index (χ0v) is 27.5. The van der Waals surface area contributed by atoms with E-state index in [1.165, 1.54) is 49.7 Å². The Balaban J connectivity index is 1.60. The fraction of sp³-hybridized carbons (Fsp3) is 0.586. The van der Waals surface area contributed by atoms with Gasteiger partial charge in [0, 0.05) is 28.4 Å². The van der Waals surface area contributed by atoms with Gasteiger partial charge in [-0.2, -0.15) is 0 Å². The molecule has 1 aliphatic carbocycles. The predicted octanol–water partition coefficient (Wildman–Crippen LogP) is 10.2. The molecule has 37 heavy (non-hydrogen) atoms. The van der Waals surface area contributed by atoms with Gasteiger partial charge in [-0.15, -0.1) is 22.7 Å². The molecule has 3 heterocycles. The van der Waals surface area contributed by atoms with Gasteiger partial charge in [-0.05, 0) is 93.0 Å². The molecule has 0 saturated heterocycles. The average molecular weight is 691 g/mol. The maximum absolute atomic E-state index is 14.0. The molecule has 2 aromatic rings. The van der Waals surface area contributed by atoms with E-state index in [0.29, 0.717) is 13.2 Å². The number of fused-ring (bicyclic) bond motifs is 1. The van der Waals surface area contributed by atoms with Crippen molar-refractivity contribution in [2.24, 2.45) is 5.41 Å². The van der Waals surface area contributed by atoms with Crippen LogP contribution in [-0.2, 0) is 20.3 Å². The zero-order valence-electron chi connectivity index (χ0n) is 21.9. The third-order valence-electron chi connectivity index (χ3n) is 7.08. The van der Waals surface area contributed by atoms with Crippen LogP contribution < -0.4 is 0 Å². The summed E-state index contributed by atoms with van der Waals surface area (Å²) < 4.78 is 28.8. The van der Waals surface area contributed by atoms with Crippen molar-refractivity contribution < 1.29 is 13.7 Å². The van der Waals surface area contributed by atoms with Crippen LogP contribution in [0.3, 0.4) is 0 Å². The highest BCUT2D eigenvalue weighted by Crippen LogP contribution is 2.58. The molecule has 0 amide bonds. The van der Waals surface area contributed by atoms with Crippen molar-refractivity contribution in [2.45, 2.75) is 78.1 Å². The van der Waals surface area contributed by atoms with Crippen molar-refractivity contribution in [1.82, 2.24) is 0 Å². The smallest absolute Gasteiger partial charge is 0.0884 e. The molecule has 0 N–H and O–H groups in total. The molecule has 0 unspecified atom stereocenters. The summed E-state index contributed by atoms with van der Waals surface area (Å²) in [6, 6.07) is 8.33. The molecule has 0 aromatic carbocycles. The van der Waals surface area contributed by atoms with E-state index in [2.05, 4.69) is 70.0 Å². The molecule has 2 aliphatic rings. The molecule has 0 radical (unpaired) electrons. The van der Waals surface area contributed by atoms with Crippen molar-refractivity contribution in [3.63, 3.8) is 0 Å². The largest absolute Gasteiger partial charge is 0.381 e. The Bertz CT molecular complexity index is 1040. The summed E-state index contributed by atoms with van der Waals surface area (Å²) in [5, 5.41) is 0. The molecular weight excluding hydrogens is 652 g/mol. The van der Waals surface area contributed by atoms with Crippen molar-refractivity contribution >= 4 is 75.1 Å². The first-order valence-electron chi connectivity index (χ1n) is 13.5. The van der Waals surface area contributed by atoms with Crippen molar-refractivity contribution in [3.05, 3.63) is 52.7 Å². The van der Waals surface area contributed by atoms with Crippen LogP contribution in [0.1, 0.15) is 87.8 Å². The van der Waals surface area contributed by atoms with Gasteiger partial charge in [0.15, 0.2) is 0 Å². The van der Waals surface area contributed by atoms with Gasteiger partial charge in [0.05, 0.1) is 41.4 Å². The molecule has 0 spiro atoms. The highest BCUT2D eigenvalue weighted by Gasteiger charge is 2.47.